The molecule has 0 amide bonds. The molecule has 5 heteroatoms. The molecule has 0 radical (unpaired) electrons. The maximum absolute atomic E-state index is 12.8. The highest BCUT2D eigenvalue weighted by atomic mass is 32.2. The average Bonchev–Trinajstić information content (AvgIpc) is 2.99. The van der Waals surface area contributed by atoms with Gasteiger partial charge in [-0.3, -0.25) is 4.72 Å². The molecule has 1 aliphatic carbocycles. The number of aromatic amines is 1. The van der Waals surface area contributed by atoms with Crippen molar-refractivity contribution in [3.8, 4) is 0 Å². The van der Waals surface area contributed by atoms with Crippen LogP contribution in [0.2, 0.25) is 0 Å². The van der Waals surface area contributed by atoms with Gasteiger partial charge < -0.3 is 4.98 Å². The van der Waals surface area contributed by atoms with Crippen molar-refractivity contribution in [3.63, 3.8) is 0 Å². The monoisotopic (exact) mass is 354 g/mol. The fourth-order valence-electron chi connectivity index (χ4n) is 3.62. The van der Waals surface area contributed by atoms with Gasteiger partial charge in [-0.15, -0.1) is 0 Å². The van der Waals surface area contributed by atoms with Crippen LogP contribution in [0.4, 0.5) is 5.69 Å². The number of benzene rings is 2. The predicted octanol–water partition coefficient (Wildman–Crippen LogP) is 4.41. The first-order valence-corrected chi connectivity index (χ1v) is 10.3. The van der Waals surface area contributed by atoms with E-state index in [9.17, 15) is 8.42 Å². The maximum Gasteiger partial charge on any atom is 0.261 e. The summed E-state index contributed by atoms with van der Waals surface area (Å²) in [5.41, 5.74) is 5.29. The summed E-state index contributed by atoms with van der Waals surface area (Å²) in [6.07, 6.45) is 5.30. The number of H-pyrrole nitrogens is 1. The second-order valence-corrected chi connectivity index (χ2v) is 8.34. The molecule has 0 fully saturated rings. The summed E-state index contributed by atoms with van der Waals surface area (Å²) in [6, 6.07) is 12.9. The van der Waals surface area contributed by atoms with Crippen molar-refractivity contribution >= 4 is 26.6 Å². The van der Waals surface area contributed by atoms with Crippen molar-refractivity contribution in [1.82, 2.24) is 4.98 Å². The van der Waals surface area contributed by atoms with E-state index in [1.165, 1.54) is 24.1 Å². The number of fused-ring (bicyclic) bond motifs is 3. The zero-order valence-corrected chi connectivity index (χ0v) is 15.1. The minimum Gasteiger partial charge on any atom is -0.358 e. The molecule has 2 N–H and O–H groups in total. The van der Waals surface area contributed by atoms with Crippen LogP contribution >= 0.6 is 0 Å². The van der Waals surface area contributed by atoms with Gasteiger partial charge in [0.2, 0.25) is 0 Å². The summed E-state index contributed by atoms with van der Waals surface area (Å²) in [4.78, 5) is 3.76. The third-order valence-electron chi connectivity index (χ3n) is 4.97. The van der Waals surface area contributed by atoms with Gasteiger partial charge in [0.05, 0.1) is 4.90 Å². The van der Waals surface area contributed by atoms with Crippen LogP contribution in [0.3, 0.4) is 0 Å². The Kier molecular flexibility index (Phi) is 4.04. The molecule has 0 saturated carbocycles. The van der Waals surface area contributed by atoms with Crippen LogP contribution in [-0.4, -0.2) is 13.4 Å². The van der Waals surface area contributed by atoms with E-state index in [0.29, 0.717) is 10.6 Å². The summed E-state index contributed by atoms with van der Waals surface area (Å²) < 4.78 is 28.3. The first-order chi connectivity index (χ1) is 12.1. The second kappa shape index (κ2) is 6.23. The molecule has 0 aliphatic heterocycles. The van der Waals surface area contributed by atoms with Gasteiger partial charge in [0.15, 0.2) is 0 Å². The van der Waals surface area contributed by atoms with E-state index in [2.05, 4.69) is 16.6 Å². The minimum absolute atomic E-state index is 0.314. The van der Waals surface area contributed by atoms with Crippen LogP contribution < -0.4 is 4.72 Å². The quantitative estimate of drug-likeness (QED) is 0.729. The molecule has 0 atom stereocenters. The van der Waals surface area contributed by atoms with E-state index in [1.807, 2.05) is 30.3 Å². The maximum atomic E-state index is 12.8. The van der Waals surface area contributed by atoms with Crippen LogP contribution in [0, 0.1) is 0 Å². The zero-order chi connectivity index (χ0) is 17.4. The van der Waals surface area contributed by atoms with E-state index in [1.54, 1.807) is 12.1 Å². The smallest absolute Gasteiger partial charge is 0.261 e. The van der Waals surface area contributed by atoms with Crippen molar-refractivity contribution in [1.29, 1.82) is 0 Å². The number of hydrogen-bond acceptors (Lipinski definition) is 2. The van der Waals surface area contributed by atoms with Crippen LogP contribution in [0.5, 0.6) is 0 Å². The van der Waals surface area contributed by atoms with Crippen LogP contribution in [0.1, 0.15) is 36.6 Å². The Labute approximate surface area is 148 Å². The normalized spacial score (nSPS) is 14.4. The number of aromatic nitrogens is 1. The first-order valence-electron chi connectivity index (χ1n) is 8.82. The summed E-state index contributed by atoms with van der Waals surface area (Å²) in [6.45, 7) is 2.05. The Hall–Kier alpha value is -2.27. The van der Waals surface area contributed by atoms with Crippen molar-refractivity contribution in [2.75, 3.05) is 4.72 Å². The van der Waals surface area contributed by atoms with Gasteiger partial charge in [0.1, 0.15) is 0 Å². The van der Waals surface area contributed by atoms with Gasteiger partial charge in [-0.2, -0.15) is 0 Å². The highest BCUT2D eigenvalue weighted by Crippen LogP contribution is 2.31. The summed E-state index contributed by atoms with van der Waals surface area (Å²) >= 11 is 0. The molecule has 4 rings (SSSR count). The third kappa shape index (κ3) is 3.04. The van der Waals surface area contributed by atoms with Gasteiger partial charge >= 0.3 is 0 Å². The number of rotatable bonds is 4. The summed E-state index contributed by atoms with van der Waals surface area (Å²) in [5.74, 6) is 0. The molecule has 0 spiro atoms. The molecule has 3 aromatic rings. The molecular weight excluding hydrogens is 332 g/mol. The number of hydrogen-bond donors (Lipinski definition) is 2. The lowest BCUT2D eigenvalue weighted by atomic mass is 9.96. The molecule has 130 valence electrons. The topological polar surface area (TPSA) is 62.0 Å². The van der Waals surface area contributed by atoms with Crippen molar-refractivity contribution in [3.05, 3.63) is 59.3 Å². The summed E-state index contributed by atoms with van der Waals surface area (Å²) in [7, 11) is -3.60. The van der Waals surface area contributed by atoms with Gasteiger partial charge in [-0.05, 0) is 73.6 Å². The van der Waals surface area contributed by atoms with E-state index >= 15 is 0 Å². The van der Waals surface area contributed by atoms with E-state index in [-0.39, 0.29) is 0 Å². The lowest BCUT2D eigenvalue weighted by Crippen LogP contribution is -2.13. The van der Waals surface area contributed by atoms with E-state index < -0.39 is 10.0 Å². The molecule has 0 unspecified atom stereocenters. The van der Waals surface area contributed by atoms with Gasteiger partial charge in [-0.1, -0.05) is 19.1 Å². The van der Waals surface area contributed by atoms with E-state index in [0.717, 1.165) is 35.7 Å². The number of nitrogens with one attached hydrogen (secondary N) is 2. The lowest BCUT2D eigenvalue weighted by molar-refractivity contribution is 0.601. The Morgan fingerprint density at radius 1 is 1.08 bits per heavy atom. The molecule has 0 bridgehead atoms. The molecule has 1 aromatic heterocycles. The van der Waals surface area contributed by atoms with Crippen LogP contribution in [-0.2, 0) is 29.3 Å². The zero-order valence-electron chi connectivity index (χ0n) is 14.3. The molecular formula is C20H22N2O2S. The molecule has 0 saturated heterocycles. The average molecular weight is 354 g/mol. The molecule has 2 aromatic carbocycles. The number of anilines is 1. The molecule has 4 nitrogen and oxygen atoms in total. The van der Waals surface area contributed by atoms with Crippen LogP contribution in [0.25, 0.3) is 10.9 Å². The third-order valence-corrected chi connectivity index (χ3v) is 6.35. The van der Waals surface area contributed by atoms with Gasteiger partial charge in [-0.25, -0.2) is 8.42 Å². The SMILES string of the molecule is CCc1cccc(NS(=O)(=O)c2ccc3[nH]c4c(c3c2)CCCC4)c1. The Balaban J connectivity index is 1.72. The Morgan fingerprint density at radius 3 is 2.76 bits per heavy atom. The number of sulfonamides is 1. The second-order valence-electron chi connectivity index (χ2n) is 6.66. The minimum atomic E-state index is -3.60. The Bertz CT molecular complexity index is 1040. The van der Waals surface area contributed by atoms with Crippen molar-refractivity contribution in [2.24, 2.45) is 0 Å². The van der Waals surface area contributed by atoms with Crippen molar-refractivity contribution in [2.45, 2.75) is 43.9 Å². The largest absolute Gasteiger partial charge is 0.358 e. The molecule has 1 aliphatic rings. The highest BCUT2D eigenvalue weighted by molar-refractivity contribution is 7.92. The Morgan fingerprint density at radius 2 is 1.92 bits per heavy atom. The fraction of sp³-hybridized carbons (Fsp3) is 0.300. The standard InChI is InChI=1S/C20H22N2O2S/c1-2-14-6-5-7-15(12-14)22-25(23,24)16-10-11-20-18(13-16)17-8-3-4-9-19(17)21-20/h5-7,10-13,21-22H,2-4,8-9H2,1H3. The predicted molar refractivity (Wildman–Crippen MR) is 102 cm³/mol. The first kappa shape index (κ1) is 16.2. The molecule has 25 heavy (non-hydrogen) atoms. The van der Waals surface area contributed by atoms with Gasteiger partial charge in [0, 0.05) is 22.3 Å². The van der Waals surface area contributed by atoms with E-state index in [4.69, 9.17) is 0 Å². The highest BCUT2D eigenvalue weighted by Gasteiger charge is 2.19. The lowest BCUT2D eigenvalue weighted by Gasteiger charge is -2.11. The summed E-state index contributed by atoms with van der Waals surface area (Å²) in [5, 5.41) is 1.04. The van der Waals surface area contributed by atoms with Crippen LogP contribution in [0.15, 0.2) is 47.4 Å². The number of aryl methyl sites for hydroxylation is 3. The van der Waals surface area contributed by atoms with Gasteiger partial charge in [0.25, 0.3) is 10.0 Å². The van der Waals surface area contributed by atoms with Crippen molar-refractivity contribution < 1.29 is 8.42 Å². The molecule has 1 heterocycles. The fourth-order valence-corrected chi connectivity index (χ4v) is 4.70.